The van der Waals surface area contributed by atoms with Crippen molar-refractivity contribution in [1.82, 2.24) is 15.3 Å². The molecule has 0 fully saturated rings. The Morgan fingerprint density at radius 1 is 0.966 bits per heavy atom. The van der Waals surface area contributed by atoms with Crippen LogP contribution in [0.25, 0.3) is 0 Å². The molecule has 148 valence electrons. The summed E-state index contributed by atoms with van der Waals surface area (Å²) in [6, 6.07) is 23.9. The number of hydrogen-bond acceptors (Lipinski definition) is 4. The monoisotopic (exact) mass is 386 g/mol. The molecule has 1 amide bonds. The quantitative estimate of drug-likeness (QED) is 0.474. The summed E-state index contributed by atoms with van der Waals surface area (Å²) in [5.41, 5.74) is 6.53. The van der Waals surface area contributed by atoms with Gasteiger partial charge in [0, 0.05) is 36.8 Å². The van der Waals surface area contributed by atoms with Crippen molar-refractivity contribution in [2.75, 3.05) is 20.6 Å². The first-order valence-corrected chi connectivity index (χ1v) is 9.64. The molecule has 2 aromatic carbocycles. The number of hydrogen-bond donors (Lipinski definition) is 1. The molecule has 5 nitrogen and oxygen atoms in total. The highest BCUT2D eigenvalue weighted by molar-refractivity contribution is 5.97. The van der Waals surface area contributed by atoms with Crippen molar-refractivity contribution in [3.8, 4) is 0 Å². The molecule has 0 aliphatic carbocycles. The lowest BCUT2D eigenvalue weighted by Crippen LogP contribution is -2.30. The average molecular weight is 386 g/mol. The lowest BCUT2D eigenvalue weighted by atomic mass is 9.90. The number of aromatic nitrogens is 1. The molecule has 0 spiro atoms. The van der Waals surface area contributed by atoms with E-state index in [0.29, 0.717) is 12.0 Å². The minimum absolute atomic E-state index is 0.0594. The standard InChI is InChI=1S/C24H26N4O/c1-28(2)18-22(20-11-7-4-8-12-20)23(17-19-9-5-3-6-10-19)26-27-24(29)21-13-15-25-16-14-21/h3-16,22H,17-18H2,1-2H3,(H,27,29)/b26-23+. The van der Waals surface area contributed by atoms with E-state index < -0.39 is 0 Å². The van der Waals surface area contributed by atoms with Gasteiger partial charge in [0.1, 0.15) is 0 Å². The van der Waals surface area contributed by atoms with Crippen molar-refractivity contribution in [3.05, 3.63) is 102 Å². The highest BCUT2D eigenvalue weighted by Gasteiger charge is 2.20. The van der Waals surface area contributed by atoms with Crippen molar-refractivity contribution in [3.63, 3.8) is 0 Å². The summed E-state index contributed by atoms with van der Waals surface area (Å²) in [5, 5.41) is 4.60. The average Bonchev–Trinajstić information content (AvgIpc) is 2.76. The maximum Gasteiger partial charge on any atom is 0.271 e. The van der Waals surface area contributed by atoms with E-state index in [-0.39, 0.29) is 11.8 Å². The van der Waals surface area contributed by atoms with Crippen LogP contribution in [0.15, 0.2) is 90.3 Å². The van der Waals surface area contributed by atoms with Gasteiger partial charge in [0.15, 0.2) is 0 Å². The van der Waals surface area contributed by atoms with Gasteiger partial charge in [0.2, 0.25) is 0 Å². The highest BCUT2D eigenvalue weighted by atomic mass is 16.2. The molecule has 1 heterocycles. The summed E-state index contributed by atoms with van der Waals surface area (Å²) in [6.45, 7) is 0.792. The molecule has 0 aliphatic rings. The maximum atomic E-state index is 12.5. The SMILES string of the molecule is CN(C)CC(/C(Cc1ccccc1)=N/NC(=O)c1ccncc1)c1ccccc1. The van der Waals surface area contributed by atoms with Crippen molar-refractivity contribution in [2.24, 2.45) is 5.10 Å². The molecule has 1 atom stereocenters. The van der Waals surface area contributed by atoms with Crippen molar-refractivity contribution < 1.29 is 4.79 Å². The fourth-order valence-corrected chi connectivity index (χ4v) is 3.19. The smallest absolute Gasteiger partial charge is 0.271 e. The van der Waals surface area contributed by atoms with E-state index >= 15 is 0 Å². The number of amides is 1. The Hall–Kier alpha value is -3.31. The van der Waals surface area contributed by atoms with Crippen LogP contribution in [0.2, 0.25) is 0 Å². The van der Waals surface area contributed by atoms with E-state index in [4.69, 9.17) is 0 Å². The minimum Gasteiger partial charge on any atom is -0.308 e. The van der Waals surface area contributed by atoms with Gasteiger partial charge >= 0.3 is 0 Å². The van der Waals surface area contributed by atoms with Gasteiger partial charge in [0.05, 0.1) is 5.71 Å². The third-order valence-corrected chi connectivity index (χ3v) is 4.62. The Kier molecular flexibility index (Phi) is 7.25. The number of pyridine rings is 1. The molecule has 0 radical (unpaired) electrons. The second-order valence-corrected chi connectivity index (χ2v) is 7.17. The van der Waals surface area contributed by atoms with Gasteiger partial charge in [-0.3, -0.25) is 9.78 Å². The zero-order chi connectivity index (χ0) is 20.5. The maximum absolute atomic E-state index is 12.5. The van der Waals surface area contributed by atoms with Crippen LogP contribution in [0.3, 0.4) is 0 Å². The summed E-state index contributed by atoms with van der Waals surface area (Å²) >= 11 is 0. The summed E-state index contributed by atoms with van der Waals surface area (Å²) in [6.07, 6.45) is 3.86. The van der Waals surface area contributed by atoms with Crippen LogP contribution in [0, 0.1) is 0 Å². The summed E-state index contributed by atoms with van der Waals surface area (Å²) in [7, 11) is 4.09. The first-order chi connectivity index (χ1) is 14.1. The fraction of sp³-hybridized carbons (Fsp3) is 0.208. The van der Waals surface area contributed by atoms with Gasteiger partial charge in [-0.15, -0.1) is 0 Å². The van der Waals surface area contributed by atoms with Gasteiger partial charge in [-0.25, -0.2) is 5.43 Å². The van der Waals surface area contributed by atoms with Crippen molar-refractivity contribution >= 4 is 11.6 Å². The Morgan fingerprint density at radius 3 is 2.21 bits per heavy atom. The minimum atomic E-state index is -0.241. The molecule has 5 heteroatoms. The number of nitrogens with one attached hydrogen (secondary N) is 1. The normalized spacial score (nSPS) is 12.6. The first kappa shape index (κ1) is 20.4. The van der Waals surface area contributed by atoms with E-state index in [1.165, 1.54) is 5.56 Å². The highest BCUT2D eigenvalue weighted by Crippen LogP contribution is 2.21. The third-order valence-electron chi connectivity index (χ3n) is 4.62. The molecule has 1 N–H and O–H groups in total. The van der Waals surface area contributed by atoms with E-state index in [2.05, 4.69) is 44.7 Å². The van der Waals surface area contributed by atoms with Crippen LogP contribution in [0.1, 0.15) is 27.4 Å². The molecule has 3 rings (SSSR count). The number of rotatable bonds is 8. The fourth-order valence-electron chi connectivity index (χ4n) is 3.19. The Morgan fingerprint density at radius 2 is 1.59 bits per heavy atom. The van der Waals surface area contributed by atoms with Gasteiger partial charge in [-0.2, -0.15) is 5.10 Å². The largest absolute Gasteiger partial charge is 0.308 e. The molecule has 1 aromatic heterocycles. The Bertz CT molecular complexity index is 925. The van der Waals surface area contributed by atoms with Crippen LogP contribution in [-0.4, -0.2) is 42.1 Å². The molecule has 1 unspecified atom stereocenters. The molecular formula is C24H26N4O. The van der Waals surface area contributed by atoms with E-state index in [0.717, 1.165) is 17.8 Å². The Labute approximate surface area is 172 Å². The molecule has 0 saturated carbocycles. The molecular weight excluding hydrogens is 360 g/mol. The van der Waals surface area contributed by atoms with Gasteiger partial charge < -0.3 is 4.90 Å². The number of carbonyl (C=O) groups is 1. The summed E-state index contributed by atoms with van der Waals surface area (Å²) in [5.74, 6) is -0.182. The molecule has 0 saturated heterocycles. The van der Waals surface area contributed by atoms with E-state index in [1.54, 1.807) is 24.5 Å². The van der Waals surface area contributed by atoms with Crippen LogP contribution in [0.4, 0.5) is 0 Å². The molecule has 0 bridgehead atoms. The molecule has 0 aliphatic heterocycles. The second-order valence-electron chi connectivity index (χ2n) is 7.17. The van der Waals surface area contributed by atoms with E-state index in [9.17, 15) is 4.79 Å². The zero-order valence-electron chi connectivity index (χ0n) is 16.8. The number of benzene rings is 2. The number of hydrazone groups is 1. The van der Waals surface area contributed by atoms with Crippen molar-refractivity contribution in [1.29, 1.82) is 0 Å². The van der Waals surface area contributed by atoms with Crippen LogP contribution >= 0.6 is 0 Å². The molecule has 29 heavy (non-hydrogen) atoms. The topological polar surface area (TPSA) is 57.6 Å². The van der Waals surface area contributed by atoms with Crippen LogP contribution in [-0.2, 0) is 6.42 Å². The summed E-state index contributed by atoms with van der Waals surface area (Å²) < 4.78 is 0. The predicted molar refractivity (Wildman–Crippen MR) is 117 cm³/mol. The number of carbonyl (C=O) groups excluding carboxylic acids is 1. The van der Waals surface area contributed by atoms with Gasteiger partial charge in [-0.1, -0.05) is 60.7 Å². The number of likely N-dealkylation sites (N-methyl/N-ethyl adjacent to an activating group) is 1. The van der Waals surface area contributed by atoms with Gasteiger partial charge in [0.25, 0.3) is 5.91 Å². The predicted octanol–water partition coefficient (Wildman–Crippen LogP) is 3.76. The third kappa shape index (κ3) is 6.09. The van der Waals surface area contributed by atoms with E-state index in [1.807, 2.05) is 50.5 Å². The van der Waals surface area contributed by atoms with Crippen LogP contribution in [0.5, 0.6) is 0 Å². The lowest BCUT2D eigenvalue weighted by molar-refractivity contribution is 0.0954. The van der Waals surface area contributed by atoms with Crippen LogP contribution < -0.4 is 5.43 Å². The zero-order valence-corrected chi connectivity index (χ0v) is 16.8. The van der Waals surface area contributed by atoms with Crippen molar-refractivity contribution in [2.45, 2.75) is 12.3 Å². The first-order valence-electron chi connectivity index (χ1n) is 9.64. The second kappa shape index (κ2) is 10.3. The number of nitrogens with zero attached hydrogens (tertiary/aromatic N) is 3. The lowest BCUT2D eigenvalue weighted by Gasteiger charge is -2.23. The van der Waals surface area contributed by atoms with Gasteiger partial charge in [-0.05, 0) is 37.4 Å². The molecule has 3 aromatic rings. The Balaban J connectivity index is 1.92. The summed E-state index contributed by atoms with van der Waals surface area (Å²) in [4.78, 5) is 18.6.